The van der Waals surface area contributed by atoms with Crippen LogP contribution in [0.2, 0.25) is 0 Å². The Morgan fingerprint density at radius 3 is 2.67 bits per heavy atom. The van der Waals surface area contributed by atoms with Crippen molar-refractivity contribution in [3.05, 3.63) is 41.8 Å². The van der Waals surface area contributed by atoms with Gasteiger partial charge in [0.15, 0.2) is 5.65 Å². The minimum atomic E-state index is -0.592. The standard InChI is InChI=1S/C21H21N3O3/c1-11-6-17-14(4-5-27-17)19(25)18(11)16-7-15-12(2)10-24(20(15)23-22-16)13-8-21(3,26)9-13/h4-7,10,13,25-26H,8-9H2,1-3H3. The molecule has 138 valence electrons. The lowest BCUT2D eigenvalue weighted by Crippen LogP contribution is -2.41. The van der Waals surface area contributed by atoms with Crippen LogP contribution >= 0.6 is 0 Å². The van der Waals surface area contributed by atoms with E-state index in [-0.39, 0.29) is 11.8 Å². The van der Waals surface area contributed by atoms with Gasteiger partial charge >= 0.3 is 0 Å². The molecule has 0 saturated heterocycles. The van der Waals surface area contributed by atoms with Gasteiger partial charge in [0.05, 0.1) is 22.9 Å². The lowest BCUT2D eigenvalue weighted by molar-refractivity contribution is -0.0498. The summed E-state index contributed by atoms with van der Waals surface area (Å²) in [6, 6.07) is 5.89. The quantitative estimate of drug-likeness (QED) is 0.556. The zero-order valence-corrected chi connectivity index (χ0v) is 15.5. The van der Waals surface area contributed by atoms with E-state index in [1.807, 2.05) is 32.9 Å². The fraction of sp³-hybridized carbons (Fsp3) is 0.333. The summed E-state index contributed by atoms with van der Waals surface area (Å²) >= 11 is 0. The summed E-state index contributed by atoms with van der Waals surface area (Å²) in [7, 11) is 0. The van der Waals surface area contributed by atoms with Crippen LogP contribution in [0.1, 0.15) is 36.9 Å². The number of furan rings is 1. The number of nitrogens with zero attached hydrogens (tertiary/aromatic N) is 3. The molecule has 2 N–H and O–H groups in total. The van der Waals surface area contributed by atoms with Crippen LogP contribution in [0.4, 0.5) is 0 Å². The molecule has 0 bridgehead atoms. The van der Waals surface area contributed by atoms with E-state index in [4.69, 9.17) is 4.42 Å². The fourth-order valence-electron chi connectivity index (χ4n) is 4.30. The zero-order valence-electron chi connectivity index (χ0n) is 15.5. The number of aryl methyl sites for hydroxylation is 2. The number of aliphatic hydroxyl groups is 1. The number of fused-ring (bicyclic) bond motifs is 2. The topological polar surface area (TPSA) is 84.3 Å². The molecular formula is C21H21N3O3. The molecule has 0 aliphatic heterocycles. The number of benzene rings is 1. The number of hydrogen-bond acceptors (Lipinski definition) is 5. The molecule has 4 aromatic rings. The van der Waals surface area contributed by atoms with E-state index in [1.165, 1.54) is 0 Å². The summed E-state index contributed by atoms with van der Waals surface area (Å²) in [5.74, 6) is 0.166. The van der Waals surface area contributed by atoms with Crippen molar-refractivity contribution >= 4 is 22.0 Å². The molecule has 1 aliphatic rings. The summed E-state index contributed by atoms with van der Waals surface area (Å²) in [5, 5.41) is 31.4. The van der Waals surface area contributed by atoms with Crippen molar-refractivity contribution in [3.63, 3.8) is 0 Å². The van der Waals surface area contributed by atoms with Crippen molar-refractivity contribution in [1.82, 2.24) is 14.8 Å². The summed E-state index contributed by atoms with van der Waals surface area (Å²) in [5.41, 5.74) is 4.19. The number of aromatic nitrogens is 3. The first kappa shape index (κ1) is 16.3. The molecule has 0 amide bonds. The van der Waals surface area contributed by atoms with Crippen molar-refractivity contribution in [2.24, 2.45) is 0 Å². The Balaban J connectivity index is 1.65. The Hall–Kier alpha value is -2.86. The van der Waals surface area contributed by atoms with Gasteiger partial charge in [-0.3, -0.25) is 0 Å². The van der Waals surface area contributed by atoms with Crippen LogP contribution in [0.25, 0.3) is 33.3 Å². The van der Waals surface area contributed by atoms with Crippen LogP contribution in [0.3, 0.4) is 0 Å². The predicted molar refractivity (Wildman–Crippen MR) is 103 cm³/mol. The van der Waals surface area contributed by atoms with Crippen molar-refractivity contribution in [2.75, 3.05) is 0 Å². The van der Waals surface area contributed by atoms with Crippen LogP contribution in [-0.4, -0.2) is 30.6 Å². The molecule has 6 heteroatoms. The maximum Gasteiger partial charge on any atom is 0.163 e. The molecule has 0 spiro atoms. The average molecular weight is 363 g/mol. The summed E-state index contributed by atoms with van der Waals surface area (Å²) in [6.07, 6.45) is 5.09. The largest absolute Gasteiger partial charge is 0.506 e. The molecule has 1 aliphatic carbocycles. The van der Waals surface area contributed by atoms with Gasteiger partial charge in [0, 0.05) is 23.2 Å². The van der Waals surface area contributed by atoms with E-state index in [9.17, 15) is 10.2 Å². The second kappa shape index (κ2) is 5.33. The molecule has 1 saturated carbocycles. The summed E-state index contributed by atoms with van der Waals surface area (Å²) in [6.45, 7) is 5.84. The zero-order chi connectivity index (χ0) is 18.9. The second-order valence-electron chi connectivity index (χ2n) is 7.99. The smallest absolute Gasteiger partial charge is 0.163 e. The average Bonchev–Trinajstić information content (AvgIpc) is 3.17. The van der Waals surface area contributed by atoms with Gasteiger partial charge in [0.1, 0.15) is 11.3 Å². The van der Waals surface area contributed by atoms with Crippen molar-refractivity contribution < 1.29 is 14.6 Å². The van der Waals surface area contributed by atoms with Crippen LogP contribution in [-0.2, 0) is 0 Å². The Labute approximate surface area is 156 Å². The first-order chi connectivity index (χ1) is 12.8. The number of phenolic OH excluding ortho intramolecular Hbond substituents is 1. The normalized spacial score (nSPS) is 22.4. The minimum absolute atomic E-state index is 0.166. The summed E-state index contributed by atoms with van der Waals surface area (Å²) in [4.78, 5) is 0. The van der Waals surface area contributed by atoms with Crippen LogP contribution in [0.15, 0.2) is 35.1 Å². The van der Waals surface area contributed by atoms with E-state index in [0.717, 1.165) is 35.0 Å². The monoisotopic (exact) mass is 363 g/mol. The first-order valence-corrected chi connectivity index (χ1v) is 9.11. The van der Waals surface area contributed by atoms with Crippen molar-refractivity contribution in [2.45, 2.75) is 45.3 Å². The van der Waals surface area contributed by atoms with E-state index in [1.54, 1.807) is 12.3 Å². The van der Waals surface area contributed by atoms with Crippen LogP contribution in [0.5, 0.6) is 5.75 Å². The second-order valence-corrected chi connectivity index (χ2v) is 7.99. The van der Waals surface area contributed by atoms with Crippen LogP contribution in [0, 0.1) is 13.8 Å². The third-order valence-electron chi connectivity index (χ3n) is 5.71. The summed E-state index contributed by atoms with van der Waals surface area (Å²) < 4.78 is 7.52. The number of aromatic hydroxyl groups is 1. The molecule has 1 fully saturated rings. The number of hydrogen-bond donors (Lipinski definition) is 2. The van der Waals surface area contributed by atoms with Crippen LogP contribution < -0.4 is 0 Å². The maximum atomic E-state index is 10.8. The molecule has 27 heavy (non-hydrogen) atoms. The molecule has 1 aromatic carbocycles. The molecule has 3 heterocycles. The van der Waals surface area contributed by atoms with E-state index < -0.39 is 5.60 Å². The Kier molecular flexibility index (Phi) is 3.22. The van der Waals surface area contributed by atoms with Crippen molar-refractivity contribution in [1.29, 1.82) is 0 Å². The molecule has 6 nitrogen and oxygen atoms in total. The van der Waals surface area contributed by atoms with Gasteiger partial charge in [-0.05, 0) is 62.9 Å². The highest BCUT2D eigenvalue weighted by molar-refractivity contribution is 5.94. The van der Waals surface area contributed by atoms with Gasteiger partial charge in [-0.25, -0.2) is 0 Å². The highest BCUT2D eigenvalue weighted by Crippen LogP contribution is 2.43. The number of rotatable bonds is 2. The van der Waals surface area contributed by atoms with Crippen molar-refractivity contribution in [3.8, 4) is 17.0 Å². The van der Waals surface area contributed by atoms with E-state index in [0.29, 0.717) is 22.2 Å². The highest BCUT2D eigenvalue weighted by atomic mass is 16.3. The molecule has 0 atom stereocenters. The lowest BCUT2D eigenvalue weighted by Gasteiger charge is -2.41. The van der Waals surface area contributed by atoms with Gasteiger partial charge in [-0.15, -0.1) is 10.2 Å². The third kappa shape index (κ3) is 2.36. The molecule has 3 aromatic heterocycles. The SMILES string of the molecule is Cc1cc2occc2c(O)c1-c1cc2c(C)cn(C3CC(C)(O)C3)c2nn1. The third-order valence-corrected chi connectivity index (χ3v) is 5.71. The van der Waals surface area contributed by atoms with Gasteiger partial charge in [-0.1, -0.05) is 0 Å². The first-order valence-electron chi connectivity index (χ1n) is 9.11. The fourth-order valence-corrected chi connectivity index (χ4v) is 4.30. The lowest BCUT2D eigenvalue weighted by atomic mass is 9.77. The molecule has 0 radical (unpaired) electrons. The maximum absolute atomic E-state index is 10.8. The van der Waals surface area contributed by atoms with Gasteiger partial charge in [-0.2, -0.15) is 0 Å². The predicted octanol–water partition coefficient (Wildman–Crippen LogP) is 4.25. The molecule has 5 rings (SSSR count). The van der Waals surface area contributed by atoms with E-state index in [2.05, 4.69) is 21.0 Å². The highest BCUT2D eigenvalue weighted by Gasteiger charge is 2.40. The molecule has 0 unspecified atom stereocenters. The minimum Gasteiger partial charge on any atom is -0.506 e. The Morgan fingerprint density at radius 2 is 1.93 bits per heavy atom. The van der Waals surface area contributed by atoms with E-state index >= 15 is 0 Å². The Bertz CT molecular complexity index is 1190. The molecular weight excluding hydrogens is 342 g/mol. The Morgan fingerprint density at radius 1 is 1.15 bits per heavy atom. The van der Waals surface area contributed by atoms with Gasteiger partial charge < -0.3 is 19.2 Å². The van der Waals surface area contributed by atoms with Gasteiger partial charge in [0.25, 0.3) is 0 Å². The van der Waals surface area contributed by atoms with Gasteiger partial charge in [0.2, 0.25) is 0 Å². The number of phenols is 1.